The number of rotatable bonds is 3. The Morgan fingerprint density at radius 3 is 1.90 bits per heavy atom. The van der Waals surface area contributed by atoms with Crippen molar-refractivity contribution in [1.29, 1.82) is 0 Å². The van der Waals surface area contributed by atoms with E-state index in [-0.39, 0.29) is 5.69 Å². The summed E-state index contributed by atoms with van der Waals surface area (Å²) in [5.74, 6) is -0.900. The number of carbonyl (C=O) groups excluding carboxylic acids is 2. The number of fused-ring (bicyclic) bond motifs is 1. The molecule has 0 spiro atoms. The number of hydrogen-bond acceptors (Lipinski definition) is 5. The number of hydrogen-bond donors (Lipinski definition) is 1. The van der Waals surface area contributed by atoms with E-state index in [0.29, 0.717) is 16.8 Å². The normalized spacial score (nSPS) is 13.2. The minimum absolute atomic E-state index is 0.0667. The Morgan fingerprint density at radius 1 is 0.905 bits per heavy atom. The van der Waals surface area contributed by atoms with Gasteiger partial charge in [0.2, 0.25) is 0 Å². The third kappa shape index (κ3) is 2.10. The van der Waals surface area contributed by atoms with Crippen LogP contribution in [0.3, 0.4) is 0 Å². The van der Waals surface area contributed by atoms with Crippen molar-refractivity contribution in [3.8, 4) is 0 Å². The number of non-ortho nitro benzene ring substituents is 1. The van der Waals surface area contributed by atoms with Crippen LogP contribution in [0.1, 0.15) is 20.7 Å². The minimum atomic E-state index is -0.522. The predicted octanol–water partition coefficient (Wildman–Crippen LogP) is 2.22. The summed E-state index contributed by atoms with van der Waals surface area (Å²) >= 11 is 0. The number of nitro benzene ring substituents is 1. The van der Waals surface area contributed by atoms with Gasteiger partial charge in [-0.3, -0.25) is 25.1 Å². The molecule has 7 heteroatoms. The fourth-order valence-corrected chi connectivity index (χ4v) is 2.08. The second-order valence-electron chi connectivity index (χ2n) is 4.41. The van der Waals surface area contributed by atoms with Gasteiger partial charge in [0.05, 0.1) is 21.7 Å². The molecular weight excluding hydrogens is 274 g/mol. The molecule has 1 aliphatic rings. The highest BCUT2D eigenvalue weighted by molar-refractivity contribution is 6.21. The van der Waals surface area contributed by atoms with Crippen molar-refractivity contribution < 1.29 is 14.5 Å². The lowest BCUT2D eigenvalue weighted by atomic mass is 10.1. The lowest BCUT2D eigenvalue weighted by molar-refractivity contribution is -0.384. The fourth-order valence-electron chi connectivity index (χ4n) is 2.08. The van der Waals surface area contributed by atoms with E-state index >= 15 is 0 Å². The molecule has 1 aliphatic heterocycles. The number of nitrogens with one attached hydrogen (secondary N) is 1. The van der Waals surface area contributed by atoms with Gasteiger partial charge in [0.1, 0.15) is 0 Å². The summed E-state index contributed by atoms with van der Waals surface area (Å²) in [6, 6.07) is 12.0. The van der Waals surface area contributed by atoms with Gasteiger partial charge in [-0.2, -0.15) is 5.01 Å². The largest absolute Gasteiger partial charge is 0.288 e. The highest BCUT2D eigenvalue weighted by Gasteiger charge is 2.35. The van der Waals surface area contributed by atoms with Crippen LogP contribution in [0.25, 0.3) is 0 Å². The van der Waals surface area contributed by atoms with E-state index < -0.39 is 16.7 Å². The summed E-state index contributed by atoms with van der Waals surface area (Å²) < 4.78 is 0. The van der Waals surface area contributed by atoms with E-state index in [9.17, 15) is 19.7 Å². The smallest absolute Gasteiger partial charge is 0.280 e. The second-order valence-corrected chi connectivity index (χ2v) is 4.41. The van der Waals surface area contributed by atoms with Crippen molar-refractivity contribution in [3.05, 3.63) is 69.8 Å². The molecule has 2 amide bonds. The number of anilines is 1. The maximum absolute atomic E-state index is 12.1. The summed E-state index contributed by atoms with van der Waals surface area (Å²) in [5.41, 5.74) is 3.67. The van der Waals surface area contributed by atoms with Crippen molar-refractivity contribution >= 4 is 23.2 Å². The van der Waals surface area contributed by atoms with Crippen LogP contribution in [0.15, 0.2) is 48.5 Å². The first kappa shape index (κ1) is 12.8. The van der Waals surface area contributed by atoms with E-state index in [0.717, 1.165) is 5.01 Å². The molecule has 1 heterocycles. The third-order valence-electron chi connectivity index (χ3n) is 3.11. The Morgan fingerprint density at radius 2 is 1.43 bits per heavy atom. The second kappa shape index (κ2) is 4.71. The molecular formula is C14H9N3O4. The molecule has 104 valence electrons. The van der Waals surface area contributed by atoms with Crippen LogP contribution in [0.5, 0.6) is 0 Å². The zero-order chi connectivity index (χ0) is 15.0. The number of benzene rings is 2. The molecule has 0 radical (unpaired) electrons. The topological polar surface area (TPSA) is 92.6 Å². The molecule has 0 bridgehead atoms. The monoisotopic (exact) mass is 283 g/mol. The molecule has 0 aromatic heterocycles. The van der Waals surface area contributed by atoms with Crippen LogP contribution >= 0.6 is 0 Å². The van der Waals surface area contributed by atoms with Crippen LogP contribution in [0.4, 0.5) is 11.4 Å². The number of imide groups is 1. The van der Waals surface area contributed by atoms with Crippen LogP contribution in [-0.2, 0) is 0 Å². The van der Waals surface area contributed by atoms with Crippen molar-refractivity contribution in [2.75, 3.05) is 5.43 Å². The van der Waals surface area contributed by atoms with E-state index in [1.807, 2.05) is 0 Å². The minimum Gasteiger partial charge on any atom is -0.288 e. The summed E-state index contributed by atoms with van der Waals surface area (Å²) in [6.07, 6.45) is 0. The Hall–Kier alpha value is -3.22. The first-order chi connectivity index (χ1) is 10.1. The van der Waals surface area contributed by atoms with Gasteiger partial charge in [0.15, 0.2) is 0 Å². The number of carbonyl (C=O) groups is 2. The van der Waals surface area contributed by atoms with Crippen LogP contribution in [-0.4, -0.2) is 21.7 Å². The Labute approximate surface area is 118 Å². The standard InChI is InChI=1S/C14H9N3O4/c18-13-11-3-1-2-4-12(11)14(19)16(13)15-9-5-7-10(8-6-9)17(20)21/h1-8,15H. The molecule has 0 aliphatic carbocycles. The van der Waals surface area contributed by atoms with Crippen molar-refractivity contribution in [2.24, 2.45) is 0 Å². The molecule has 0 saturated carbocycles. The average molecular weight is 283 g/mol. The first-order valence-electron chi connectivity index (χ1n) is 6.07. The third-order valence-corrected chi connectivity index (χ3v) is 3.11. The van der Waals surface area contributed by atoms with Crippen molar-refractivity contribution in [1.82, 2.24) is 5.01 Å². The van der Waals surface area contributed by atoms with Gasteiger partial charge in [-0.1, -0.05) is 12.1 Å². The first-order valence-corrected chi connectivity index (χ1v) is 6.07. The molecule has 1 N–H and O–H groups in total. The number of nitrogens with zero attached hydrogens (tertiary/aromatic N) is 2. The number of amides is 2. The Kier molecular flexibility index (Phi) is 2.87. The Bertz CT molecular complexity index is 720. The number of nitro groups is 1. The SMILES string of the molecule is O=C1c2ccccc2C(=O)N1Nc1ccc([N+](=O)[O-])cc1. The number of hydrazine groups is 1. The highest BCUT2D eigenvalue weighted by atomic mass is 16.6. The highest BCUT2D eigenvalue weighted by Crippen LogP contribution is 2.24. The zero-order valence-corrected chi connectivity index (χ0v) is 10.6. The maximum atomic E-state index is 12.1. The molecule has 0 unspecified atom stereocenters. The van der Waals surface area contributed by atoms with Gasteiger partial charge >= 0.3 is 0 Å². The van der Waals surface area contributed by atoms with Gasteiger partial charge < -0.3 is 0 Å². The average Bonchev–Trinajstić information content (AvgIpc) is 2.73. The Balaban J connectivity index is 1.85. The van der Waals surface area contributed by atoms with Crippen LogP contribution < -0.4 is 5.43 Å². The summed E-state index contributed by atoms with van der Waals surface area (Å²) in [4.78, 5) is 34.3. The quantitative estimate of drug-likeness (QED) is 0.529. The van der Waals surface area contributed by atoms with Crippen molar-refractivity contribution in [2.45, 2.75) is 0 Å². The molecule has 7 nitrogen and oxygen atoms in total. The molecule has 3 rings (SSSR count). The van der Waals surface area contributed by atoms with Gasteiger partial charge in [-0.15, -0.1) is 0 Å². The summed E-state index contributed by atoms with van der Waals surface area (Å²) in [7, 11) is 0. The van der Waals surface area contributed by atoms with Crippen LogP contribution in [0.2, 0.25) is 0 Å². The van der Waals surface area contributed by atoms with E-state index in [1.54, 1.807) is 24.3 Å². The van der Waals surface area contributed by atoms with Gasteiger partial charge in [-0.25, -0.2) is 0 Å². The predicted molar refractivity (Wildman–Crippen MR) is 73.7 cm³/mol. The lowest BCUT2D eigenvalue weighted by Crippen LogP contribution is -2.35. The van der Waals surface area contributed by atoms with E-state index in [2.05, 4.69) is 5.43 Å². The van der Waals surface area contributed by atoms with E-state index in [4.69, 9.17) is 0 Å². The fraction of sp³-hybridized carbons (Fsp3) is 0. The summed E-state index contributed by atoms with van der Waals surface area (Å²) in [5, 5.41) is 11.5. The summed E-state index contributed by atoms with van der Waals surface area (Å²) in [6.45, 7) is 0. The lowest BCUT2D eigenvalue weighted by Gasteiger charge is -2.16. The van der Waals surface area contributed by atoms with Crippen LogP contribution in [0, 0.1) is 10.1 Å². The van der Waals surface area contributed by atoms with Gasteiger partial charge in [-0.05, 0) is 24.3 Å². The van der Waals surface area contributed by atoms with Gasteiger partial charge in [0.25, 0.3) is 17.5 Å². The van der Waals surface area contributed by atoms with Crippen molar-refractivity contribution in [3.63, 3.8) is 0 Å². The molecule has 21 heavy (non-hydrogen) atoms. The maximum Gasteiger partial charge on any atom is 0.280 e. The molecule has 2 aromatic rings. The molecule has 0 fully saturated rings. The molecule has 0 saturated heterocycles. The molecule has 2 aromatic carbocycles. The molecule has 0 atom stereocenters. The zero-order valence-electron chi connectivity index (χ0n) is 10.6. The van der Waals surface area contributed by atoms with E-state index in [1.165, 1.54) is 24.3 Å². The van der Waals surface area contributed by atoms with Gasteiger partial charge in [0, 0.05) is 12.1 Å².